The van der Waals surface area contributed by atoms with Gasteiger partial charge in [0.05, 0.1) is 0 Å². The third-order valence-electron chi connectivity index (χ3n) is 3.93. The molecule has 1 rings (SSSR count). The van der Waals surface area contributed by atoms with Crippen LogP contribution in [0.2, 0.25) is 0 Å². The van der Waals surface area contributed by atoms with Crippen LogP contribution in [0.3, 0.4) is 0 Å². The van der Waals surface area contributed by atoms with Gasteiger partial charge in [-0.25, -0.2) is 4.57 Å². The Morgan fingerprint density at radius 1 is 0.870 bits per heavy atom. The van der Waals surface area contributed by atoms with E-state index < -0.39 is 7.82 Å². The summed E-state index contributed by atoms with van der Waals surface area (Å²) in [5.74, 6) is 0.417. The highest BCUT2D eigenvalue weighted by Gasteiger charge is 2.21. The van der Waals surface area contributed by atoms with Gasteiger partial charge in [-0.2, -0.15) is 0 Å². The standard InChI is InChI=1S/C18H31O4P/c1-4-7-10-15-13-16(11-8-5-2)18(22-23(19,20)21)17(14-15)12-9-6-3/h13-14H,4-12H2,1-3H3,(H2,19,20,21). The normalized spacial score (nSPS) is 11.7. The Bertz CT molecular complexity index is 493. The molecule has 5 heteroatoms. The van der Waals surface area contributed by atoms with Crippen LogP contribution in [-0.4, -0.2) is 9.79 Å². The molecule has 0 spiro atoms. The molecule has 0 radical (unpaired) electrons. The van der Waals surface area contributed by atoms with Crippen molar-refractivity contribution in [3.05, 3.63) is 28.8 Å². The number of rotatable bonds is 11. The van der Waals surface area contributed by atoms with Crippen molar-refractivity contribution in [1.82, 2.24) is 0 Å². The van der Waals surface area contributed by atoms with Crippen LogP contribution < -0.4 is 4.52 Å². The third-order valence-corrected chi connectivity index (χ3v) is 4.35. The van der Waals surface area contributed by atoms with Crippen LogP contribution in [-0.2, 0) is 23.8 Å². The summed E-state index contributed by atoms with van der Waals surface area (Å²) in [6, 6.07) is 4.15. The lowest BCUT2D eigenvalue weighted by atomic mass is 9.95. The predicted octanol–water partition coefficient (Wildman–Crippen LogP) is 5.19. The Morgan fingerprint density at radius 3 is 1.70 bits per heavy atom. The minimum Gasteiger partial charge on any atom is -0.404 e. The molecule has 0 unspecified atom stereocenters. The summed E-state index contributed by atoms with van der Waals surface area (Å²) in [5.41, 5.74) is 3.13. The molecule has 0 atom stereocenters. The van der Waals surface area contributed by atoms with Crippen molar-refractivity contribution >= 4 is 7.82 Å². The van der Waals surface area contributed by atoms with Crippen molar-refractivity contribution in [2.75, 3.05) is 0 Å². The molecule has 2 N–H and O–H groups in total. The van der Waals surface area contributed by atoms with Crippen molar-refractivity contribution in [3.63, 3.8) is 0 Å². The van der Waals surface area contributed by atoms with E-state index in [1.165, 1.54) is 5.56 Å². The maximum absolute atomic E-state index is 11.4. The SMILES string of the molecule is CCCCc1cc(CCCC)c(OP(=O)(O)O)c(CCCC)c1. The van der Waals surface area contributed by atoms with Crippen LogP contribution in [0.4, 0.5) is 0 Å². The van der Waals surface area contributed by atoms with Gasteiger partial charge < -0.3 is 4.52 Å². The Balaban J connectivity index is 3.23. The quantitative estimate of drug-likeness (QED) is 0.543. The topological polar surface area (TPSA) is 66.8 Å². The second-order valence-electron chi connectivity index (χ2n) is 6.14. The minimum atomic E-state index is -4.54. The molecule has 0 saturated carbocycles. The van der Waals surface area contributed by atoms with Crippen molar-refractivity contribution < 1.29 is 18.9 Å². The first-order chi connectivity index (χ1) is 10.9. The van der Waals surface area contributed by atoms with E-state index in [9.17, 15) is 14.4 Å². The highest BCUT2D eigenvalue weighted by molar-refractivity contribution is 7.46. The zero-order valence-electron chi connectivity index (χ0n) is 14.7. The maximum Gasteiger partial charge on any atom is 0.524 e. The molecule has 0 amide bonds. The van der Waals surface area contributed by atoms with Crippen LogP contribution in [0.5, 0.6) is 5.75 Å². The maximum atomic E-state index is 11.4. The molecule has 0 aliphatic carbocycles. The van der Waals surface area contributed by atoms with Crippen molar-refractivity contribution in [3.8, 4) is 5.75 Å². The van der Waals surface area contributed by atoms with Gasteiger partial charge in [-0.05, 0) is 55.2 Å². The van der Waals surface area contributed by atoms with Gasteiger partial charge in [-0.3, -0.25) is 9.79 Å². The average Bonchev–Trinajstić information content (AvgIpc) is 2.49. The molecule has 0 aliphatic heterocycles. The molecule has 4 nitrogen and oxygen atoms in total. The smallest absolute Gasteiger partial charge is 0.404 e. The first-order valence-electron chi connectivity index (χ1n) is 8.81. The van der Waals surface area contributed by atoms with E-state index >= 15 is 0 Å². The highest BCUT2D eigenvalue weighted by atomic mass is 31.2. The predicted molar refractivity (Wildman–Crippen MR) is 95.0 cm³/mol. The summed E-state index contributed by atoms with van der Waals surface area (Å²) in [6.07, 6.45) is 8.91. The molecular formula is C18H31O4P. The first-order valence-corrected chi connectivity index (χ1v) is 10.3. The zero-order chi connectivity index (χ0) is 17.3. The fourth-order valence-electron chi connectivity index (χ4n) is 2.69. The summed E-state index contributed by atoms with van der Waals surface area (Å²) in [7, 11) is -4.54. The van der Waals surface area contributed by atoms with E-state index in [1.807, 2.05) is 0 Å². The van der Waals surface area contributed by atoms with E-state index in [0.717, 1.165) is 68.9 Å². The molecule has 0 aromatic heterocycles. The number of aryl methyl sites for hydroxylation is 3. The Kier molecular flexibility index (Phi) is 8.90. The number of phosphoric ester groups is 1. The number of unbranched alkanes of at least 4 members (excludes halogenated alkanes) is 3. The van der Waals surface area contributed by atoms with E-state index in [0.29, 0.717) is 5.75 Å². The molecule has 0 bridgehead atoms. The zero-order valence-corrected chi connectivity index (χ0v) is 15.6. The minimum absolute atomic E-state index is 0.417. The lowest BCUT2D eigenvalue weighted by Crippen LogP contribution is -2.03. The van der Waals surface area contributed by atoms with Crippen LogP contribution in [0, 0.1) is 0 Å². The Labute approximate surface area is 140 Å². The number of hydrogen-bond acceptors (Lipinski definition) is 2. The molecule has 1 aromatic rings. The van der Waals surface area contributed by atoms with Crippen LogP contribution >= 0.6 is 7.82 Å². The number of hydrogen-bond donors (Lipinski definition) is 2. The fourth-order valence-corrected chi connectivity index (χ4v) is 3.17. The molecule has 0 heterocycles. The van der Waals surface area contributed by atoms with Crippen LogP contribution in [0.1, 0.15) is 76.0 Å². The summed E-state index contributed by atoms with van der Waals surface area (Å²) < 4.78 is 16.5. The number of benzene rings is 1. The van der Waals surface area contributed by atoms with Gasteiger partial charge >= 0.3 is 7.82 Å². The molecule has 1 aromatic carbocycles. The molecule has 0 saturated heterocycles. The number of phosphoric acid groups is 1. The molecule has 132 valence electrons. The van der Waals surface area contributed by atoms with E-state index in [-0.39, 0.29) is 0 Å². The van der Waals surface area contributed by atoms with Gasteiger partial charge in [0.1, 0.15) is 5.75 Å². The average molecular weight is 342 g/mol. The van der Waals surface area contributed by atoms with Gasteiger partial charge in [0, 0.05) is 0 Å². The van der Waals surface area contributed by atoms with Gasteiger partial charge in [0.2, 0.25) is 0 Å². The van der Waals surface area contributed by atoms with Gasteiger partial charge in [-0.1, -0.05) is 52.2 Å². The van der Waals surface area contributed by atoms with E-state index in [4.69, 9.17) is 4.52 Å². The Morgan fingerprint density at radius 2 is 1.30 bits per heavy atom. The summed E-state index contributed by atoms with van der Waals surface area (Å²) >= 11 is 0. The second-order valence-corrected chi connectivity index (χ2v) is 7.30. The summed E-state index contributed by atoms with van der Waals surface area (Å²) in [5, 5.41) is 0. The molecular weight excluding hydrogens is 311 g/mol. The monoisotopic (exact) mass is 342 g/mol. The van der Waals surface area contributed by atoms with Crippen LogP contribution in [0.25, 0.3) is 0 Å². The van der Waals surface area contributed by atoms with Crippen molar-refractivity contribution in [1.29, 1.82) is 0 Å². The third kappa shape index (κ3) is 7.52. The lowest BCUT2D eigenvalue weighted by Gasteiger charge is -2.18. The van der Waals surface area contributed by atoms with Crippen molar-refractivity contribution in [2.45, 2.75) is 78.6 Å². The van der Waals surface area contributed by atoms with Gasteiger partial charge in [0.15, 0.2) is 0 Å². The largest absolute Gasteiger partial charge is 0.524 e. The van der Waals surface area contributed by atoms with Crippen molar-refractivity contribution in [2.24, 2.45) is 0 Å². The molecule has 0 fully saturated rings. The molecule has 23 heavy (non-hydrogen) atoms. The first kappa shape index (κ1) is 20.2. The van der Waals surface area contributed by atoms with E-state index in [1.54, 1.807) is 0 Å². The Hall–Kier alpha value is -0.830. The summed E-state index contributed by atoms with van der Waals surface area (Å²) in [4.78, 5) is 18.5. The van der Waals surface area contributed by atoms with Crippen LogP contribution in [0.15, 0.2) is 12.1 Å². The van der Waals surface area contributed by atoms with Gasteiger partial charge in [-0.15, -0.1) is 0 Å². The van der Waals surface area contributed by atoms with Gasteiger partial charge in [0.25, 0.3) is 0 Å². The summed E-state index contributed by atoms with van der Waals surface area (Å²) in [6.45, 7) is 6.39. The lowest BCUT2D eigenvalue weighted by molar-refractivity contribution is 0.281. The second kappa shape index (κ2) is 10.1. The fraction of sp³-hybridized carbons (Fsp3) is 0.667. The molecule has 0 aliphatic rings. The van der Waals surface area contributed by atoms with E-state index in [2.05, 4.69) is 32.9 Å². The highest BCUT2D eigenvalue weighted by Crippen LogP contribution is 2.42.